The van der Waals surface area contributed by atoms with E-state index in [1.807, 2.05) is 18.2 Å². The SMILES string of the molecule is O=C1NC(=O)C(c2ccccc2)Oc2ccc(Cl)cc21. The van der Waals surface area contributed by atoms with Crippen molar-refractivity contribution in [2.24, 2.45) is 0 Å². The van der Waals surface area contributed by atoms with Gasteiger partial charge in [-0.05, 0) is 18.2 Å². The van der Waals surface area contributed by atoms with E-state index < -0.39 is 17.9 Å². The molecule has 2 amide bonds. The normalized spacial score (nSPS) is 17.8. The van der Waals surface area contributed by atoms with E-state index in [9.17, 15) is 9.59 Å². The van der Waals surface area contributed by atoms with Crippen molar-refractivity contribution in [3.63, 3.8) is 0 Å². The van der Waals surface area contributed by atoms with Gasteiger partial charge in [-0.15, -0.1) is 0 Å². The van der Waals surface area contributed by atoms with Crippen LogP contribution >= 0.6 is 11.6 Å². The minimum absolute atomic E-state index is 0.254. The van der Waals surface area contributed by atoms with E-state index in [0.29, 0.717) is 16.3 Å². The lowest BCUT2D eigenvalue weighted by Crippen LogP contribution is -2.33. The number of fused-ring (bicyclic) bond motifs is 1. The Morgan fingerprint density at radius 3 is 2.55 bits per heavy atom. The van der Waals surface area contributed by atoms with Crippen LogP contribution in [-0.2, 0) is 4.79 Å². The maximum atomic E-state index is 12.1. The van der Waals surface area contributed by atoms with Gasteiger partial charge in [-0.1, -0.05) is 41.9 Å². The third-order valence-electron chi connectivity index (χ3n) is 3.01. The molecule has 0 saturated heterocycles. The predicted molar refractivity (Wildman–Crippen MR) is 73.7 cm³/mol. The second-order valence-corrected chi connectivity index (χ2v) is 4.80. The fourth-order valence-corrected chi connectivity index (χ4v) is 2.23. The molecule has 1 N–H and O–H groups in total. The Hall–Kier alpha value is -2.33. The molecule has 1 aliphatic rings. The molecule has 4 nitrogen and oxygen atoms in total. The topological polar surface area (TPSA) is 55.4 Å². The summed E-state index contributed by atoms with van der Waals surface area (Å²) in [7, 11) is 0. The second-order valence-electron chi connectivity index (χ2n) is 4.37. The molecule has 3 rings (SSSR count). The fraction of sp³-hybridized carbons (Fsp3) is 0.0667. The molecule has 2 aromatic carbocycles. The van der Waals surface area contributed by atoms with Crippen LogP contribution in [-0.4, -0.2) is 11.8 Å². The van der Waals surface area contributed by atoms with Crippen molar-refractivity contribution in [3.8, 4) is 5.75 Å². The Morgan fingerprint density at radius 2 is 1.80 bits per heavy atom. The molecule has 0 aromatic heterocycles. The Bertz CT molecular complexity index is 685. The highest BCUT2D eigenvalue weighted by molar-refractivity contribution is 6.31. The monoisotopic (exact) mass is 287 g/mol. The Labute approximate surface area is 120 Å². The number of carbonyl (C=O) groups is 2. The number of halogens is 1. The molecule has 1 unspecified atom stereocenters. The number of nitrogens with one attached hydrogen (secondary N) is 1. The van der Waals surface area contributed by atoms with Crippen molar-refractivity contribution < 1.29 is 14.3 Å². The van der Waals surface area contributed by atoms with E-state index in [1.54, 1.807) is 24.3 Å². The van der Waals surface area contributed by atoms with Crippen LogP contribution in [0.5, 0.6) is 5.75 Å². The summed E-state index contributed by atoms with van der Waals surface area (Å²) < 4.78 is 5.69. The molecule has 1 aliphatic heterocycles. The number of rotatable bonds is 1. The highest BCUT2D eigenvalue weighted by Crippen LogP contribution is 2.30. The summed E-state index contributed by atoms with van der Waals surface area (Å²) in [5.74, 6) is -0.661. The maximum Gasteiger partial charge on any atom is 0.272 e. The van der Waals surface area contributed by atoms with Crippen LogP contribution in [0.1, 0.15) is 22.0 Å². The number of hydrogen-bond acceptors (Lipinski definition) is 3. The van der Waals surface area contributed by atoms with Gasteiger partial charge in [0.05, 0.1) is 5.56 Å². The van der Waals surface area contributed by atoms with Gasteiger partial charge in [0.1, 0.15) is 5.75 Å². The molecule has 0 saturated carbocycles. The van der Waals surface area contributed by atoms with E-state index in [2.05, 4.69) is 5.32 Å². The molecule has 0 bridgehead atoms. The molecule has 0 spiro atoms. The van der Waals surface area contributed by atoms with Gasteiger partial charge in [-0.2, -0.15) is 0 Å². The van der Waals surface area contributed by atoms with Gasteiger partial charge in [0.15, 0.2) is 0 Å². The van der Waals surface area contributed by atoms with E-state index >= 15 is 0 Å². The predicted octanol–water partition coefficient (Wildman–Crippen LogP) is 2.73. The van der Waals surface area contributed by atoms with Crippen molar-refractivity contribution in [2.45, 2.75) is 6.10 Å². The standard InChI is InChI=1S/C15H10ClNO3/c16-10-6-7-12-11(8-10)14(18)17-15(19)13(20-12)9-4-2-1-3-5-9/h1-8,13H,(H,17,18,19). The van der Waals surface area contributed by atoms with Crippen LogP contribution in [0.2, 0.25) is 5.02 Å². The summed E-state index contributed by atoms with van der Waals surface area (Å²) in [5.41, 5.74) is 0.935. The Morgan fingerprint density at radius 1 is 1.05 bits per heavy atom. The van der Waals surface area contributed by atoms with Gasteiger partial charge in [0.25, 0.3) is 11.8 Å². The van der Waals surface area contributed by atoms with Gasteiger partial charge in [-0.3, -0.25) is 14.9 Å². The molecular formula is C15H10ClNO3. The molecule has 0 fully saturated rings. The molecule has 1 heterocycles. The third-order valence-corrected chi connectivity index (χ3v) is 3.24. The van der Waals surface area contributed by atoms with E-state index in [0.717, 1.165) is 0 Å². The minimum atomic E-state index is -0.859. The molecular weight excluding hydrogens is 278 g/mol. The van der Waals surface area contributed by atoms with Gasteiger partial charge in [-0.25, -0.2) is 0 Å². The largest absolute Gasteiger partial charge is 0.475 e. The van der Waals surface area contributed by atoms with Gasteiger partial charge < -0.3 is 4.74 Å². The smallest absolute Gasteiger partial charge is 0.272 e. The maximum absolute atomic E-state index is 12.1. The third kappa shape index (κ3) is 2.26. The molecule has 1 atom stereocenters. The zero-order valence-electron chi connectivity index (χ0n) is 10.3. The number of hydrogen-bond donors (Lipinski definition) is 1. The van der Waals surface area contributed by atoms with Crippen molar-refractivity contribution in [1.82, 2.24) is 5.32 Å². The van der Waals surface area contributed by atoms with Crippen molar-refractivity contribution >= 4 is 23.4 Å². The lowest BCUT2D eigenvalue weighted by Gasteiger charge is -2.15. The van der Waals surface area contributed by atoms with Crippen molar-refractivity contribution in [3.05, 3.63) is 64.7 Å². The Kier molecular flexibility index (Phi) is 3.16. The lowest BCUT2D eigenvalue weighted by atomic mass is 10.1. The lowest BCUT2D eigenvalue weighted by molar-refractivity contribution is -0.126. The average Bonchev–Trinajstić information content (AvgIpc) is 2.57. The first-order valence-corrected chi connectivity index (χ1v) is 6.39. The highest BCUT2D eigenvalue weighted by atomic mass is 35.5. The van der Waals surface area contributed by atoms with Crippen molar-refractivity contribution in [1.29, 1.82) is 0 Å². The van der Waals surface area contributed by atoms with Crippen molar-refractivity contribution in [2.75, 3.05) is 0 Å². The zero-order chi connectivity index (χ0) is 14.1. The number of ether oxygens (including phenoxy) is 1. The molecule has 0 radical (unpaired) electrons. The van der Waals surface area contributed by atoms with E-state index in [-0.39, 0.29) is 5.56 Å². The first kappa shape index (κ1) is 12.7. The summed E-state index contributed by atoms with van der Waals surface area (Å²) in [6.07, 6.45) is -0.859. The first-order valence-electron chi connectivity index (χ1n) is 6.01. The number of carbonyl (C=O) groups excluding carboxylic acids is 2. The quantitative estimate of drug-likeness (QED) is 0.821. The van der Waals surface area contributed by atoms with Crippen LogP contribution in [0.4, 0.5) is 0 Å². The van der Waals surface area contributed by atoms with E-state index in [1.165, 1.54) is 6.07 Å². The minimum Gasteiger partial charge on any atom is -0.475 e. The van der Waals surface area contributed by atoms with Gasteiger partial charge >= 0.3 is 0 Å². The number of imide groups is 1. The second kappa shape index (κ2) is 4.98. The molecule has 0 aliphatic carbocycles. The molecule has 100 valence electrons. The fourth-order valence-electron chi connectivity index (χ4n) is 2.05. The first-order chi connectivity index (χ1) is 9.65. The van der Waals surface area contributed by atoms with Crippen LogP contribution < -0.4 is 10.1 Å². The van der Waals surface area contributed by atoms with Crippen LogP contribution in [0.15, 0.2) is 48.5 Å². The summed E-state index contributed by atoms with van der Waals surface area (Å²) in [5, 5.41) is 2.72. The van der Waals surface area contributed by atoms with Gasteiger partial charge in [0.2, 0.25) is 6.10 Å². The molecule has 2 aromatic rings. The van der Waals surface area contributed by atoms with E-state index in [4.69, 9.17) is 16.3 Å². The van der Waals surface area contributed by atoms with Crippen LogP contribution in [0.25, 0.3) is 0 Å². The molecule has 20 heavy (non-hydrogen) atoms. The molecule has 5 heteroatoms. The number of amides is 2. The summed E-state index contributed by atoms with van der Waals surface area (Å²) in [6, 6.07) is 13.7. The highest BCUT2D eigenvalue weighted by Gasteiger charge is 2.30. The summed E-state index contributed by atoms with van der Waals surface area (Å²) in [6.45, 7) is 0. The van der Waals surface area contributed by atoms with Gasteiger partial charge in [0, 0.05) is 10.6 Å². The zero-order valence-corrected chi connectivity index (χ0v) is 11.1. The number of benzene rings is 2. The van der Waals surface area contributed by atoms with Crippen LogP contribution in [0.3, 0.4) is 0 Å². The average molecular weight is 288 g/mol. The Balaban J connectivity index is 2.06. The van der Waals surface area contributed by atoms with Crippen LogP contribution in [0, 0.1) is 0 Å². The summed E-state index contributed by atoms with van der Waals surface area (Å²) in [4.78, 5) is 24.1. The summed E-state index contributed by atoms with van der Waals surface area (Å²) >= 11 is 5.86.